The van der Waals surface area contributed by atoms with Crippen LogP contribution in [0.3, 0.4) is 0 Å². The van der Waals surface area contributed by atoms with Gasteiger partial charge in [0.25, 0.3) is 0 Å². The maximum absolute atomic E-state index is 11.3. The summed E-state index contributed by atoms with van der Waals surface area (Å²) in [4.78, 5) is 16.8. The zero-order valence-corrected chi connectivity index (χ0v) is 20.0. The lowest BCUT2D eigenvalue weighted by atomic mass is 10.0. The van der Waals surface area contributed by atoms with Crippen LogP contribution in [0.15, 0.2) is 60.9 Å². The zero-order chi connectivity index (χ0) is 25.2. The van der Waals surface area contributed by atoms with Crippen molar-refractivity contribution in [3.05, 3.63) is 72.3 Å². The molecule has 1 fully saturated rings. The Hall–Kier alpha value is -3.64. The summed E-state index contributed by atoms with van der Waals surface area (Å²) in [6, 6.07) is 15.8. The molecule has 4 rings (SSSR count). The van der Waals surface area contributed by atoms with Gasteiger partial charge in [0.05, 0.1) is 19.7 Å². The fourth-order valence-electron chi connectivity index (χ4n) is 3.48. The Balaban J connectivity index is 0.000000320. The van der Waals surface area contributed by atoms with Crippen LogP contribution in [0.2, 0.25) is 0 Å². The third kappa shape index (κ3) is 7.42. The van der Waals surface area contributed by atoms with Gasteiger partial charge in [-0.3, -0.25) is 4.79 Å². The predicted molar refractivity (Wildman–Crippen MR) is 132 cm³/mol. The number of amides is 1. The Labute approximate surface area is 205 Å². The second kappa shape index (κ2) is 12.7. The number of rotatable bonds is 6. The monoisotopic (exact) mass is 477 g/mol. The molecule has 0 bridgehead atoms. The summed E-state index contributed by atoms with van der Waals surface area (Å²) in [6.07, 6.45) is 3.47. The van der Waals surface area contributed by atoms with Gasteiger partial charge in [-0.05, 0) is 42.3 Å². The van der Waals surface area contributed by atoms with E-state index in [1.54, 1.807) is 22.6 Å². The molecule has 1 aliphatic heterocycles. The Morgan fingerprint density at radius 1 is 1.11 bits per heavy atom. The summed E-state index contributed by atoms with van der Waals surface area (Å²) in [5, 5.41) is 26.6. The van der Waals surface area contributed by atoms with E-state index >= 15 is 0 Å². The quantitative estimate of drug-likeness (QED) is 0.470. The highest BCUT2D eigenvalue weighted by Crippen LogP contribution is 2.24. The fraction of sp³-hybridized carbons (Fsp3) is 0.333. The van der Waals surface area contributed by atoms with Crippen molar-refractivity contribution in [3.8, 4) is 28.7 Å². The van der Waals surface area contributed by atoms with Gasteiger partial charge in [-0.2, -0.15) is 0 Å². The molecule has 8 heteroatoms. The minimum atomic E-state index is -0.468. The van der Waals surface area contributed by atoms with E-state index in [-0.39, 0.29) is 18.6 Å². The Morgan fingerprint density at radius 3 is 2.23 bits per heavy atom. The number of hydrogen-bond donors (Lipinski definition) is 3. The standard InChI is InChI=1S/C21H21NO4.C6H10N2O/c23-12-2-1-3-16-4-6-17(7-5-16)18-8-10-19(11-9-18)26-20-13-22(14-20)21(25)15-24;1-5(9)6-7-3-4-8(6)2/h4-11,20,23-24H,2,12-15H2;3-5,9H,1-2H3. The molecule has 3 N–H and O–H groups in total. The number of hydrogen-bond acceptors (Lipinski definition) is 6. The SMILES string of the molecule is CC(O)c1nccn1C.O=C(CO)N1CC(Oc2ccc(-c3ccc(C#CCCO)cc3)cc2)C1. The number of benzene rings is 2. The van der Waals surface area contributed by atoms with Crippen LogP contribution in [-0.4, -0.2) is 68.1 Å². The molecule has 1 aliphatic rings. The molecule has 1 amide bonds. The largest absolute Gasteiger partial charge is 0.487 e. The molecule has 2 aromatic carbocycles. The Kier molecular flexibility index (Phi) is 9.44. The van der Waals surface area contributed by atoms with E-state index in [0.717, 1.165) is 22.4 Å². The van der Waals surface area contributed by atoms with Gasteiger partial charge >= 0.3 is 0 Å². The van der Waals surface area contributed by atoms with Gasteiger partial charge in [0, 0.05) is 31.4 Å². The number of aliphatic hydroxyl groups is 3. The van der Waals surface area contributed by atoms with E-state index in [9.17, 15) is 4.79 Å². The zero-order valence-electron chi connectivity index (χ0n) is 20.0. The topological polar surface area (TPSA) is 108 Å². The summed E-state index contributed by atoms with van der Waals surface area (Å²) in [5.41, 5.74) is 3.10. The first-order chi connectivity index (χ1) is 16.9. The number of carbonyl (C=O) groups is 1. The lowest BCUT2D eigenvalue weighted by molar-refractivity contribution is -0.142. The van der Waals surface area contributed by atoms with Crippen LogP contribution in [0.5, 0.6) is 5.75 Å². The number of likely N-dealkylation sites (tertiary alicyclic amines) is 1. The second-order valence-electron chi connectivity index (χ2n) is 8.15. The molecule has 0 radical (unpaired) electrons. The second-order valence-corrected chi connectivity index (χ2v) is 8.15. The number of aromatic nitrogens is 2. The molecule has 2 heterocycles. The number of carbonyl (C=O) groups excluding carboxylic acids is 1. The molecule has 184 valence electrons. The van der Waals surface area contributed by atoms with E-state index in [1.807, 2.05) is 61.8 Å². The normalized spacial score (nSPS) is 13.6. The molecule has 35 heavy (non-hydrogen) atoms. The first kappa shape index (κ1) is 26.0. The van der Waals surface area contributed by atoms with Crippen molar-refractivity contribution >= 4 is 5.91 Å². The third-order valence-corrected chi connectivity index (χ3v) is 5.41. The van der Waals surface area contributed by atoms with Gasteiger partial charge in [-0.1, -0.05) is 36.1 Å². The van der Waals surface area contributed by atoms with E-state index < -0.39 is 12.7 Å². The molecule has 0 saturated carbocycles. The third-order valence-electron chi connectivity index (χ3n) is 5.41. The molecule has 3 aromatic rings. The van der Waals surface area contributed by atoms with Crippen molar-refractivity contribution in [2.24, 2.45) is 7.05 Å². The highest BCUT2D eigenvalue weighted by atomic mass is 16.5. The highest BCUT2D eigenvalue weighted by Gasteiger charge is 2.31. The Morgan fingerprint density at radius 2 is 1.74 bits per heavy atom. The minimum Gasteiger partial charge on any atom is -0.487 e. The van der Waals surface area contributed by atoms with Gasteiger partial charge in [-0.15, -0.1) is 0 Å². The van der Waals surface area contributed by atoms with Crippen LogP contribution in [-0.2, 0) is 11.8 Å². The highest BCUT2D eigenvalue weighted by molar-refractivity contribution is 5.78. The van der Waals surface area contributed by atoms with Crippen molar-refractivity contribution in [3.63, 3.8) is 0 Å². The number of aliphatic hydroxyl groups excluding tert-OH is 3. The van der Waals surface area contributed by atoms with E-state index in [4.69, 9.17) is 20.1 Å². The van der Waals surface area contributed by atoms with E-state index in [0.29, 0.717) is 25.3 Å². The smallest absolute Gasteiger partial charge is 0.248 e. The van der Waals surface area contributed by atoms with E-state index in [1.165, 1.54) is 0 Å². The van der Waals surface area contributed by atoms with Crippen molar-refractivity contribution in [1.29, 1.82) is 0 Å². The summed E-state index contributed by atoms with van der Waals surface area (Å²) in [5.74, 6) is 7.13. The number of ether oxygens (including phenoxy) is 1. The van der Waals surface area contributed by atoms with Crippen LogP contribution in [0.25, 0.3) is 11.1 Å². The van der Waals surface area contributed by atoms with Gasteiger partial charge in [0.15, 0.2) is 0 Å². The molecule has 0 spiro atoms. The van der Waals surface area contributed by atoms with Crippen molar-refractivity contribution < 1.29 is 24.9 Å². The summed E-state index contributed by atoms with van der Waals surface area (Å²) in [7, 11) is 1.86. The molecule has 8 nitrogen and oxygen atoms in total. The van der Waals surface area contributed by atoms with Gasteiger partial charge in [0.1, 0.15) is 30.4 Å². The number of aryl methyl sites for hydroxylation is 1. The van der Waals surface area contributed by atoms with Crippen molar-refractivity contribution in [2.75, 3.05) is 26.3 Å². The number of imidazole rings is 1. The van der Waals surface area contributed by atoms with Crippen LogP contribution in [0.1, 0.15) is 30.8 Å². The van der Waals surface area contributed by atoms with Gasteiger partial charge < -0.3 is 29.5 Å². The van der Waals surface area contributed by atoms with Crippen LogP contribution >= 0.6 is 0 Å². The lowest BCUT2D eigenvalue weighted by Crippen LogP contribution is -2.56. The van der Waals surface area contributed by atoms with E-state index in [2.05, 4.69) is 16.8 Å². The maximum Gasteiger partial charge on any atom is 0.248 e. The Bertz CT molecular complexity index is 1140. The summed E-state index contributed by atoms with van der Waals surface area (Å²) in [6.45, 7) is 2.35. The summed E-state index contributed by atoms with van der Waals surface area (Å²) < 4.78 is 7.62. The average molecular weight is 478 g/mol. The molecular weight excluding hydrogens is 446 g/mol. The van der Waals surface area contributed by atoms with Gasteiger partial charge in [-0.25, -0.2) is 4.98 Å². The molecule has 1 unspecified atom stereocenters. The first-order valence-corrected chi connectivity index (χ1v) is 11.4. The molecule has 1 atom stereocenters. The van der Waals surface area contributed by atoms with Crippen LogP contribution in [0, 0.1) is 11.8 Å². The number of nitrogens with zero attached hydrogens (tertiary/aromatic N) is 3. The van der Waals surface area contributed by atoms with Crippen molar-refractivity contribution in [1.82, 2.24) is 14.5 Å². The molecular formula is C27H31N3O5. The molecule has 1 saturated heterocycles. The van der Waals surface area contributed by atoms with Crippen LogP contribution in [0.4, 0.5) is 0 Å². The minimum absolute atomic E-state index is 0.0203. The molecule has 0 aliphatic carbocycles. The average Bonchev–Trinajstić information content (AvgIpc) is 3.28. The van der Waals surface area contributed by atoms with Gasteiger partial charge in [0.2, 0.25) is 5.91 Å². The summed E-state index contributed by atoms with van der Waals surface area (Å²) >= 11 is 0. The van der Waals surface area contributed by atoms with Crippen LogP contribution < -0.4 is 4.74 Å². The first-order valence-electron chi connectivity index (χ1n) is 11.4. The lowest BCUT2D eigenvalue weighted by Gasteiger charge is -2.38. The predicted octanol–water partition coefficient (Wildman–Crippen LogP) is 2.14. The maximum atomic E-state index is 11.3. The molecule has 1 aromatic heterocycles. The fourth-order valence-corrected chi connectivity index (χ4v) is 3.48. The van der Waals surface area contributed by atoms with Crippen molar-refractivity contribution in [2.45, 2.75) is 25.6 Å².